The summed E-state index contributed by atoms with van der Waals surface area (Å²) in [5.74, 6) is 0. The largest absolute Gasteiger partial charge is 0.381 e. The minimum absolute atomic E-state index is 0.298. The standard InChI is InChI=1S/C13H27NO/c1-12(2,3)7-8-14-10-9-11(15-6)13(10,4)5/h10-11,14H,7-9H2,1-6H3. The van der Waals surface area contributed by atoms with Crippen LogP contribution >= 0.6 is 0 Å². The third kappa shape index (κ3) is 3.18. The molecule has 0 aromatic rings. The molecule has 0 bridgehead atoms. The molecule has 90 valence electrons. The highest BCUT2D eigenvalue weighted by Gasteiger charge is 2.48. The highest BCUT2D eigenvalue weighted by molar-refractivity contribution is 5.02. The quantitative estimate of drug-likeness (QED) is 0.775. The molecule has 0 aromatic heterocycles. The highest BCUT2D eigenvalue weighted by Crippen LogP contribution is 2.42. The molecule has 1 fully saturated rings. The third-order valence-corrected chi connectivity index (χ3v) is 3.73. The van der Waals surface area contributed by atoms with Crippen LogP contribution in [0.3, 0.4) is 0 Å². The van der Waals surface area contributed by atoms with E-state index in [0.717, 1.165) is 13.0 Å². The Bertz CT molecular complexity index is 205. The fourth-order valence-electron chi connectivity index (χ4n) is 2.25. The number of hydrogen-bond donors (Lipinski definition) is 1. The summed E-state index contributed by atoms with van der Waals surface area (Å²) < 4.78 is 5.44. The lowest BCUT2D eigenvalue weighted by atomic mass is 9.64. The van der Waals surface area contributed by atoms with E-state index in [1.165, 1.54) is 6.42 Å². The Morgan fingerprint density at radius 3 is 2.33 bits per heavy atom. The monoisotopic (exact) mass is 213 g/mol. The lowest BCUT2D eigenvalue weighted by Crippen LogP contribution is -2.60. The van der Waals surface area contributed by atoms with Crippen molar-refractivity contribution in [1.82, 2.24) is 5.32 Å². The van der Waals surface area contributed by atoms with Crippen molar-refractivity contribution >= 4 is 0 Å². The van der Waals surface area contributed by atoms with E-state index in [9.17, 15) is 0 Å². The van der Waals surface area contributed by atoms with Gasteiger partial charge in [-0.05, 0) is 24.8 Å². The Morgan fingerprint density at radius 1 is 1.33 bits per heavy atom. The predicted octanol–water partition coefficient (Wildman–Crippen LogP) is 2.83. The maximum Gasteiger partial charge on any atom is 0.0652 e. The molecule has 2 unspecified atom stereocenters. The molecule has 1 aliphatic carbocycles. The van der Waals surface area contributed by atoms with Gasteiger partial charge in [-0.15, -0.1) is 0 Å². The van der Waals surface area contributed by atoms with Crippen LogP contribution in [0.15, 0.2) is 0 Å². The molecule has 1 N–H and O–H groups in total. The van der Waals surface area contributed by atoms with Gasteiger partial charge in [-0.1, -0.05) is 34.6 Å². The molecule has 1 aliphatic rings. The fourth-order valence-corrected chi connectivity index (χ4v) is 2.25. The second-order valence-corrected chi connectivity index (χ2v) is 6.60. The van der Waals surface area contributed by atoms with Gasteiger partial charge in [-0.25, -0.2) is 0 Å². The van der Waals surface area contributed by atoms with Gasteiger partial charge in [0, 0.05) is 18.6 Å². The minimum atomic E-state index is 0.298. The number of nitrogens with one attached hydrogen (secondary N) is 1. The van der Waals surface area contributed by atoms with E-state index in [-0.39, 0.29) is 0 Å². The third-order valence-electron chi connectivity index (χ3n) is 3.73. The first-order chi connectivity index (χ1) is 6.77. The van der Waals surface area contributed by atoms with Crippen molar-refractivity contribution in [3.05, 3.63) is 0 Å². The smallest absolute Gasteiger partial charge is 0.0652 e. The first-order valence-electron chi connectivity index (χ1n) is 6.03. The van der Waals surface area contributed by atoms with Crippen molar-refractivity contribution in [3.63, 3.8) is 0 Å². The van der Waals surface area contributed by atoms with Crippen molar-refractivity contribution < 1.29 is 4.74 Å². The lowest BCUT2D eigenvalue weighted by Gasteiger charge is -2.51. The van der Waals surface area contributed by atoms with E-state index in [0.29, 0.717) is 23.0 Å². The zero-order valence-corrected chi connectivity index (χ0v) is 11.2. The Kier molecular flexibility index (Phi) is 3.83. The SMILES string of the molecule is COC1CC(NCCC(C)(C)C)C1(C)C. The van der Waals surface area contributed by atoms with Gasteiger partial charge in [0.2, 0.25) is 0 Å². The number of rotatable bonds is 4. The molecule has 1 rings (SSSR count). The first-order valence-corrected chi connectivity index (χ1v) is 6.03. The fraction of sp³-hybridized carbons (Fsp3) is 1.00. The van der Waals surface area contributed by atoms with Crippen LogP contribution in [0.25, 0.3) is 0 Å². The zero-order chi connectivity index (χ0) is 11.7. The maximum atomic E-state index is 5.44. The summed E-state index contributed by atoms with van der Waals surface area (Å²) in [6, 6.07) is 0.629. The Hall–Kier alpha value is -0.0800. The Labute approximate surface area is 94.8 Å². The van der Waals surface area contributed by atoms with Crippen molar-refractivity contribution in [2.24, 2.45) is 10.8 Å². The van der Waals surface area contributed by atoms with Crippen LogP contribution in [0.2, 0.25) is 0 Å². The van der Waals surface area contributed by atoms with E-state index in [2.05, 4.69) is 39.9 Å². The highest BCUT2D eigenvalue weighted by atomic mass is 16.5. The van der Waals surface area contributed by atoms with Gasteiger partial charge in [0.1, 0.15) is 0 Å². The molecule has 0 aromatic carbocycles. The number of ether oxygens (including phenoxy) is 1. The predicted molar refractivity (Wildman–Crippen MR) is 65.1 cm³/mol. The molecule has 1 saturated carbocycles. The normalized spacial score (nSPS) is 30.0. The summed E-state index contributed by atoms with van der Waals surface area (Å²) in [6.07, 6.45) is 2.83. The molecule has 0 saturated heterocycles. The molecule has 0 spiro atoms. The van der Waals surface area contributed by atoms with E-state index in [1.54, 1.807) is 0 Å². The Morgan fingerprint density at radius 2 is 1.93 bits per heavy atom. The molecule has 2 heteroatoms. The van der Waals surface area contributed by atoms with Gasteiger partial charge in [-0.2, -0.15) is 0 Å². The van der Waals surface area contributed by atoms with Crippen LogP contribution in [-0.2, 0) is 4.74 Å². The average molecular weight is 213 g/mol. The summed E-state index contributed by atoms with van der Waals surface area (Å²) in [6.45, 7) is 12.6. The van der Waals surface area contributed by atoms with Gasteiger partial charge >= 0.3 is 0 Å². The summed E-state index contributed by atoms with van der Waals surface area (Å²) >= 11 is 0. The van der Waals surface area contributed by atoms with Gasteiger partial charge in [0.05, 0.1) is 6.10 Å². The molecule has 0 heterocycles. The summed E-state index contributed by atoms with van der Waals surface area (Å²) in [7, 11) is 1.82. The average Bonchev–Trinajstić information content (AvgIpc) is 2.08. The van der Waals surface area contributed by atoms with Gasteiger partial charge in [-0.3, -0.25) is 0 Å². The van der Waals surface area contributed by atoms with Crippen LogP contribution in [0.5, 0.6) is 0 Å². The van der Waals surface area contributed by atoms with E-state index < -0.39 is 0 Å². The summed E-state index contributed by atoms with van der Waals surface area (Å²) in [4.78, 5) is 0. The second kappa shape index (κ2) is 4.42. The molecule has 0 aliphatic heterocycles. The van der Waals surface area contributed by atoms with Crippen LogP contribution in [0, 0.1) is 10.8 Å². The van der Waals surface area contributed by atoms with Crippen LogP contribution in [-0.4, -0.2) is 25.8 Å². The van der Waals surface area contributed by atoms with Gasteiger partial charge in [0.15, 0.2) is 0 Å². The van der Waals surface area contributed by atoms with Crippen molar-refractivity contribution in [2.75, 3.05) is 13.7 Å². The van der Waals surface area contributed by atoms with Crippen LogP contribution in [0.4, 0.5) is 0 Å². The molecule has 0 amide bonds. The van der Waals surface area contributed by atoms with Gasteiger partial charge in [0.25, 0.3) is 0 Å². The number of hydrogen-bond acceptors (Lipinski definition) is 2. The van der Waals surface area contributed by atoms with Crippen LogP contribution in [0.1, 0.15) is 47.5 Å². The summed E-state index contributed by atoms with van der Waals surface area (Å²) in [5.41, 5.74) is 0.730. The van der Waals surface area contributed by atoms with E-state index >= 15 is 0 Å². The van der Waals surface area contributed by atoms with Crippen LogP contribution < -0.4 is 5.32 Å². The lowest BCUT2D eigenvalue weighted by molar-refractivity contribution is -0.0976. The molecular weight excluding hydrogens is 186 g/mol. The Balaban J connectivity index is 2.25. The second-order valence-electron chi connectivity index (χ2n) is 6.60. The maximum absolute atomic E-state index is 5.44. The molecule has 2 atom stereocenters. The van der Waals surface area contributed by atoms with E-state index in [1.807, 2.05) is 7.11 Å². The first kappa shape index (κ1) is 13.0. The summed E-state index contributed by atoms with van der Waals surface area (Å²) in [5, 5.41) is 3.65. The van der Waals surface area contributed by atoms with Gasteiger partial charge < -0.3 is 10.1 Å². The molecule has 15 heavy (non-hydrogen) atoms. The minimum Gasteiger partial charge on any atom is -0.381 e. The number of methoxy groups -OCH3 is 1. The van der Waals surface area contributed by atoms with Crippen molar-refractivity contribution in [3.8, 4) is 0 Å². The van der Waals surface area contributed by atoms with E-state index in [4.69, 9.17) is 4.74 Å². The van der Waals surface area contributed by atoms with Crippen molar-refractivity contribution in [1.29, 1.82) is 0 Å². The molecular formula is C13H27NO. The van der Waals surface area contributed by atoms with Crippen molar-refractivity contribution in [2.45, 2.75) is 59.6 Å². The topological polar surface area (TPSA) is 21.3 Å². The molecule has 2 nitrogen and oxygen atoms in total. The zero-order valence-electron chi connectivity index (χ0n) is 11.2. The molecule has 0 radical (unpaired) electrons.